The van der Waals surface area contributed by atoms with Crippen LogP contribution in [0.4, 0.5) is 0 Å². The van der Waals surface area contributed by atoms with Crippen molar-refractivity contribution in [3.8, 4) is 0 Å². The minimum atomic E-state index is 0. The summed E-state index contributed by atoms with van der Waals surface area (Å²) in [4.78, 5) is 6.71. The number of nitrogens with one attached hydrogen (secondary N) is 1. The number of aromatic nitrogens is 2. The van der Waals surface area contributed by atoms with Crippen molar-refractivity contribution in [2.75, 3.05) is 20.1 Å². The molecule has 1 saturated heterocycles. The fourth-order valence-electron chi connectivity index (χ4n) is 2.08. The van der Waals surface area contributed by atoms with Crippen molar-refractivity contribution in [2.45, 2.75) is 38.8 Å². The molecule has 5 nitrogen and oxygen atoms in total. The molecule has 1 aliphatic rings. The van der Waals surface area contributed by atoms with Gasteiger partial charge in [0.25, 0.3) is 0 Å². The van der Waals surface area contributed by atoms with Gasteiger partial charge < -0.3 is 9.84 Å². The summed E-state index contributed by atoms with van der Waals surface area (Å²) in [5.74, 6) is 1.56. The summed E-state index contributed by atoms with van der Waals surface area (Å²) in [5, 5.41) is 7.30. The van der Waals surface area contributed by atoms with Crippen LogP contribution in [0.5, 0.6) is 0 Å². The fourth-order valence-corrected chi connectivity index (χ4v) is 2.08. The van der Waals surface area contributed by atoms with E-state index in [0.717, 1.165) is 37.8 Å². The van der Waals surface area contributed by atoms with E-state index in [1.807, 2.05) is 14.0 Å². The molecule has 98 valence electrons. The van der Waals surface area contributed by atoms with Gasteiger partial charge in [-0.3, -0.25) is 4.90 Å². The average molecular weight is 261 g/mol. The van der Waals surface area contributed by atoms with E-state index in [1.165, 1.54) is 12.8 Å². The first-order valence-electron chi connectivity index (χ1n) is 6.03. The molecule has 0 aromatic carbocycles. The molecule has 1 fully saturated rings. The zero-order chi connectivity index (χ0) is 11.4. The van der Waals surface area contributed by atoms with Crippen LogP contribution in [-0.2, 0) is 13.0 Å². The van der Waals surface area contributed by atoms with Gasteiger partial charge in [0.15, 0.2) is 5.82 Å². The third-order valence-electron chi connectivity index (χ3n) is 3.17. The number of nitrogens with zero attached hydrogens (tertiary/aromatic N) is 3. The molecule has 0 unspecified atom stereocenters. The molecule has 0 saturated carbocycles. The first-order valence-corrected chi connectivity index (χ1v) is 6.03. The number of likely N-dealkylation sites (tertiary alicyclic amines) is 1. The molecule has 1 aromatic rings. The number of aryl methyl sites for hydroxylation is 1. The van der Waals surface area contributed by atoms with Crippen LogP contribution >= 0.6 is 12.4 Å². The van der Waals surface area contributed by atoms with E-state index in [4.69, 9.17) is 4.52 Å². The van der Waals surface area contributed by atoms with Crippen LogP contribution < -0.4 is 5.32 Å². The number of hydrogen-bond donors (Lipinski definition) is 1. The molecular formula is C11H21ClN4O. The van der Waals surface area contributed by atoms with E-state index >= 15 is 0 Å². The Balaban J connectivity index is 0.00000144. The first kappa shape index (κ1) is 14.4. The van der Waals surface area contributed by atoms with E-state index in [2.05, 4.69) is 20.4 Å². The molecule has 1 aliphatic heterocycles. The second-order valence-corrected chi connectivity index (χ2v) is 4.30. The molecule has 2 rings (SSSR count). The van der Waals surface area contributed by atoms with Crippen molar-refractivity contribution in [1.82, 2.24) is 20.4 Å². The van der Waals surface area contributed by atoms with Crippen LogP contribution in [-0.4, -0.2) is 41.2 Å². The van der Waals surface area contributed by atoms with Gasteiger partial charge in [0, 0.05) is 25.6 Å². The molecule has 1 N–H and O–H groups in total. The number of rotatable bonds is 4. The molecule has 17 heavy (non-hydrogen) atoms. The minimum Gasteiger partial charge on any atom is -0.339 e. The summed E-state index contributed by atoms with van der Waals surface area (Å²) in [7, 11) is 2.03. The lowest BCUT2D eigenvalue weighted by Crippen LogP contribution is -2.40. The Kier molecular flexibility index (Phi) is 5.88. The zero-order valence-corrected chi connectivity index (χ0v) is 11.3. The third-order valence-corrected chi connectivity index (χ3v) is 3.17. The van der Waals surface area contributed by atoms with E-state index in [-0.39, 0.29) is 12.4 Å². The minimum absolute atomic E-state index is 0. The standard InChI is InChI=1S/C11H20N4O.ClH/c1-3-11-13-10(14-16-11)8-15-6-4-9(12-2)5-7-15;/h9,12H,3-8H2,1-2H3;1H. The Morgan fingerprint density at radius 3 is 2.65 bits per heavy atom. The number of halogens is 1. The lowest BCUT2D eigenvalue weighted by Gasteiger charge is -2.30. The maximum absolute atomic E-state index is 5.10. The lowest BCUT2D eigenvalue weighted by molar-refractivity contribution is 0.188. The van der Waals surface area contributed by atoms with Gasteiger partial charge in [-0.15, -0.1) is 12.4 Å². The van der Waals surface area contributed by atoms with Crippen molar-refractivity contribution in [3.63, 3.8) is 0 Å². The number of piperidine rings is 1. The lowest BCUT2D eigenvalue weighted by atomic mass is 10.1. The quantitative estimate of drug-likeness (QED) is 0.883. The highest BCUT2D eigenvalue weighted by Crippen LogP contribution is 2.12. The summed E-state index contributed by atoms with van der Waals surface area (Å²) in [6.07, 6.45) is 3.22. The predicted molar refractivity (Wildman–Crippen MR) is 68.3 cm³/mol. The van der Waals surface area contributed by atoms with Gasteiger partial charge in [-0.2, -0.15) is 4.98 Å². The van der Waals surface area contributed by atoms with Crippen LogP contribution in [0.15, 0.2) is 4.52 Å². The highest BCUT2D eigenvalue weighted by Gasteiger charge is 2.19. The molecule has 0 radical (unpaired) electrons. The first-order chi connectivity index (χ1) is 7.81. The van der Waals surface area contributed by atoms with Crippen LogP contribution in [0.3, 0.4) is 0 Å². The monoisotopic (exact) mass is 260 g/mol. The molecule has 1 aromatic heterocycles. The van der Waals surface area contributed by atoms with Gasteiger partial charge in [-0.25, -0.2) is 0 Å². The van der Waals surface area contributed by atoms with Crippen molar-refractivity contribution in [2.24, 2.45) is 0 Å². The topological polar surface area (TPSA) is 54.2 Å². The van der Waals surface area contributed by atoms with Gasteiger partial charge in [-0.05, 0) is 19.9 Å². The van der Waals surface area contributed by atoms with Gasteiger partial charge >= 0.3 is 0 Å². The maximum Gasteiger partial charge on any atom is 0.226 e. The molecule has 0 bridgehead atoms. The SMILES string of the molecule is CCc1nc(CN2CCC(NC)CC2)no1.Cl. The molecule has 0 amide bonds. The molecule has 0 atom stereocenters. The second kappa shape index (κ2) is 6.93. The highest BCUT2D eigenvalue weighted by molar-refractivity contribution is 5.85. The molecule has 0 spiro atoms. The van der Waals surface area contributed by atoms with Gasteiger partial charge in [0.05, 0.1) is 6.54 Å². The molecule has 6 heteroatoms. The summed E-state index contributed by atoms with van der Waals surface area (Å²) >= 11 is 0. The Morgan fingerprint density at radius 2 is 2.12 bits per heavy atom. The Bertz CT molecular complexity index is 323. The average Bonchev–Trinajstić information content (AvgIpc) is 2.78. The fraction of sp³-hybridized carbons (Fsp3) is 0.818. The molecular weight excluding hydrogens is 240 g/mol. The van der Waals surface area contributed by atoms with Crippen molar-refractivity contribution in [3.05, 3.63) is 11.7 Å². The summed E-state index contributed by atoms with van der Waals surface area (Å²) < 4.78 is 5.10. The third kappa shape index (κ3) is 3.94. The molecule has 0 aliphatic carbocycles. The van der Waals surface area contributed by atoms with E-state index < -0.39 is 0 Å². The van der Waals surface area contributed by atoms with Crippen LogP contribution in [0.25, 0.3) is 0 Å². The highest BCUT2D eigenvalue weighted by atomic mass is 35.5. The number of hydrogen-bond acceptors (Lipinski definition) is 5. The summed E-state index contributed by atoms with van der Waals surface area (Å²) in [6, 6.07) is 0.674. The Hall–Kier alpha value is -0.650. The van der Waals surface area contributed by atoms with E-state index in [0.29, 0.717) is 6.04 Å². The normalized spacial score (nSPS) is 18.0. The van der Waals surface area contributed by atoms with Crippen molar-refractivity contribution < 1.29 is 4.52 Å². The zero-order valence-electron chi connectivity index (χ0n) is 10.5. The van der Waals surface area contributed by atoms with Gasteiger partial charge in [0.2, 0.25) is 5.89 Å². The summed E-state index contributed by atoms with van der Waals surface area (Å²) in [5.41, 5.74) is 0. The van der Waals surface area contributed by atoms with Crippen molar-refractivity contribution in [1.29, 1.82) is 0 Å². The predicted octanol–water partition coefficient (Wildman–Crippen LogP) is 1.24. The van der Waals surface area contributed by atoms with Crippen LogP contribution in [0.1, 0.15) is 31.5 Å². The van der Waals surface area contributed by atoms with Crippen LogP contribution in [0, 0.1) is 0 Å². The Labute approximate surface area is 108 Å². The van der Waals surface area contributed by atoms with E-state index in [1.54, 1.807) is 0 Å². The Morgan fingerprint density at radius 1 is 1.41 bits per heavy atom. The smallest absolute Gasteiger partial charge is 0.226 e. The van der Waals surface area contributed by atoms with Crippen molar-refractivity contribution >= 4 is 12.4 Å². The van der Waals surface area contributed by atoms with E-state index in [9.17, 15) is 0 Å². The summed E-state index contributed by atoms with van der Waals surface area (Å²) in [6.45, 7) is 5.07. The largest absolute Gasteiger partial charge is 0.339 e. The molecule has 2 heterocycles. The maximum atomic E-state index is 5.10. The second-order valence-electron chi connectivity index (χ2n) is 4.30. The van der Waals surface area contributed by atoms with Gasteiger partial charge in [0.1, 0.15) is 0 Å². The van der Waals surface area contributed by atoms with Crippen LogP contribution in [0.2, 0.25) is 0 Å². The van der Waals surface area contributed by atoms with Gasteiger partial charge in [-0.1, -0.05) is 12.1 Å².